The van der Waals surface area contributed by atoms with Gasteiger partial charge in [-0.15, -0.1) is 0 Å². The predicted octanol–water partition coefficient (Wildman–Crippen LogP) is 2.79. The number of nitrogens with zero attached hydrogens (tertiary/aromatic N) is 1. The number of carboxylic acid groups (broad SMARTS) is 1. The normalized spacial score (nSPS) is 11.0. The van der Waals surface area contributed by atoms with Crippen molar-refractivity contribution < 1.29 is 37.5 Å². The van der Waals surface area contributed by atoms with Crippen molar-refractivity contribution in [3.05, 3.63) is 63.7 Å². The zero-order chi connectivity index (χ0) is 19.5. The maximum absolute atomic E-state index is 12.3. The van der Waals surface area contributed by atoms with E-state index in [1.165, 1.54) is 0 Å². The van der Waals surface area contributed by atoms with E-state index in [0.29, 0.717) is 0 Å². The molecule has 0 heterocycles. The molecule has 0 spiro atoms. The van der Waals surface area contributed by atoms with Crippen molar-refractivity contribution >= 4 is 29.4 Å². The number of rotatable bonds is 5. The van der Waals surface area contributed by atoms with Gasteiger partial charge >= 0.3 is 11.5 Å². The van der Waals surface area contributed by atoms with E-state index in [2.05, 4.69) is 0 Å². The van der Waals surface area contributed by atoms with Gasteiger partial charge < -0.3 is 14.6 Å². The lowest BCUT2D eigenvalue weighted by Gasteiger charge is -2.09. The molecule has 0 fully saturated rings. The van der Waals surface area contributed by atoms with Crippen molar-refractivity contribution in [2.45, 2.75) is 10.4 Å². The Morgan fingerprint density at radius 2 is 1.69 bits per heavy atom. The van der Waals surface area contributed by atoms with Gasteiger partial charge in [0, 0.05) is 11.0 Å². The van der Waals surface area contributed by atoms with Crippen molar-refractivity contribution in [1.82, 2.24) is 0 Å². The number of alkyl halides is 3. The molecule has 136 valence electrons. The fourth-order valence-corrected chi connectivity index (χ4v) is 2.40. The minimum Gasteiger partial charge on any atom is -0.545 e. The van der Waals surface area contributed by atoms with E-state index in [0.717, 1.165) is 42.5 Å². The number of aromatic carboxylic acids is 1. The third kappa shape index (κ3) is 4.96. The highest BCUT2D eigenvalue weighted by Crippen LogP contribution is 2.36. The van der Waals surface area contributed by atoms with Gasteiger partial charge in [0.25, 0.3) is 5.69 Å². The first-order valence-electron chi connectivity index (χ1n) is 6.64. The summed E-state index contributed by atoms with van der Waals surface area (Å²) in [5.41, 5.74) is -6.08. The van der Waals surface area contributed by atoms with Crippen LogP contribution in [0.1, 0.15) is 20.7 Å². The van der Waals surface area contributed by atoms with Gasteiger partial charge in [0.2, 0.25) is 0 Å². The van der Waals surface area contributed by atoms with Crippen LogP contribution in [0.25, 0.3) is 0 Å². The summed E-state index contributed by atoms with van der Waals surface area (Å²) in [4.78, 5) is 32.6. The highest BCUT2D eigenvalue weighted by molar-refractivity contribution is 8.00. The van der Waals surface area contributed by atoms with Gasteiger partial charge in [0.05, 0.1) is 22.0 Å². The minimum atomic E-state index is -4.47. The van der Waals surface area contributed by atoms with Crippen LogP contribution in [0.4, 0.5) is 18.9 Å². The molecule has 0 aliphatic heterocycles. The van der Waals surface area contributed by atoms with Crippen LogP contribution in [-0.2, 0) is 0 Å². The molecule has 0 aromatic heterocycles. The van der Waals surface area contributed by atoms with Gasteiger partial charge in [-0.3, -0.25) is 10.1 Å². The summed E-state index contributed by atoms with van der Waals surface area (Å²) in [6, 6.07) is 6.92. The predicted molar refractivity (Wildman–Crippen MR) is 80.7 cm³/mol. The number of hydrogen-bond donors (Lipinski definition) is 0. The Hall–Kier alpha value is -3.08. The van der Waals surface area contributed by atoms with Crippen LogP contribution in [0, 0.1) is 10.1 Å². The van der Waals surface area contributed by atoms with Crippen LogP contribution >= 0.6 is 11.8 Å². The molecule has 0 N–H and O–H groups in total. The number of hydrogen-bond acceptors (Lipinski definition) is 7. The number of carbonyl (C=O) groups is 2. The van der Waals surface area contributed by atoms with Gasteiger partial charge in [-0.25, -0.2) is 4.79 Å². The molecule has 0 bridgehead atoms. The summed E-state index contributed by atoms with van der Waals surface area (Å²) in [6.45, 7) is 0. The van der Waals surface area contributed by atoms with Gasteiger partial charge in [0.1, 0.15) is 5.75 Å². The fourth-order valence-electron chi connectivity index (χ4n) is 1.86. The number of thioether (sulfide) groups is 1. The molecular formula is C15H7F3NO6S-. The first kappa shape index (κ1) is 19.2. The fraction of sp³-hybridized carbons (Fsp3) is 0.0667. The van der Waals surface area contributed by atoms with Crippen LogP contribution < -0.4 is 9.84 Å². The van der Waals surface area contributed by atoms with Crippen LogP contribution in [-0.4, -0.2) is 22.4 Å². The van der Waals surface area contributed by atoms with Crippen LogP contribution in [0.15, 0.2) is 47.4 Å². The van der Waals surface area contributed by atoms with E-state index in [1.54, 1.807) is 0 Å². The third-order valence-electron chi connectivity index (χ3n) is 2.92. The second-order valence-corrected chi connectivity index (χ2v) is 5.82. The van der Waals surface area contributed by atoms with Gasteiger partial charge in [0.15, 0.2) is 0 Å². The Kier molecular flexibility index (Phi) is 5.50. The molecule has 11 heteroatoms. The topological polar surface area (TPSA) is 110 Å². The summed E-state index contributed by atoms with van der Waals surface area (Å²) in [7, 11) is 0. The number of carboxylic acids is 1. The van der Waals surface area contributed by atoms with E-state index < -0.39 is 33.6 Å². The molecule has 0 amide bonds. The SMILES string of the molecule is O=C(Oc1ccc([N+](=O)[O-])c(C(=O)[O-])c1)c1ccc(SC(F)(F)F)cc1. The van der Waals surface area contributed by atoms with E-state index in [9.17, 15) is 38.0 Å². The maximum atomic E-state index is 12.3. The molecule has 2 aromatic carbocycles. The van der Waals surface area contributed by atoms with Crippen LogP contribution in [0.5, 0.6) is 5.75 Å². The van der Waals surface area contributed by atoms with E-state index in [1.807, 2.05) is 0 Å². The molecule has 0 saturated carbocycles. The summed E-state index contributed by atoms with van der Waals surface area (Å²) in [5, 5.41) is 21.7. The number of nitro groups is 1. The molecule has 0 aliphatic carbocycles. The monoisotopic (exact) mass is 386 g/mol. The Morgan fingerprint density at radius 3 is 2.19 bits per heavy atom. The Balaban J connectivity index is 2.18. The molecule has 0 saturated heterocycles. The van der Waals surface area contributed by atoms with Gasteiger partial charge in [-0.1, -0.05) is 0 Å². The van der Waals surface area contributed by atoms with Crippen molar-refractivity contribution in [2.24, 2.45) is 0 Å². The average molecular weight is 386 g/mol. The summed E-state index contributed by atoms with van der Waals surface area (Å²) in [6.07, 6.45) is 0. The number of ether oxygens (including phenoxy) is 1. The molecule has 0 atom stereocenters. The second-order valence-electron chi connectivity index (χ2n) is 4.69. The van der Waals surface area contributed by atoms with Crippen molar-refractivity contribution in [2.75, 3.05) is 0 Å². The first-order valence-corrected chi connectivity index (χ1v) is 7.46. The van der Waals surface area contributed by atoms with Crippen molar-refractivity contribution in [3.63, 3.8) is 0 Å². The highest BCUT2D eigenvalue weighted by Gasteiger charge is 2.29. The molecule has 2 rings (SSSR count). The van der Waals surface area contributed by atoms with Crippen molar-refractivity contribution in [1.29, 1.82) is 0 Å². The van der Waals surface area contributed by atoms with E-state index >= 15 is 0 Å². The van der Waals surface area contributed by atoms with Gasteiger partial charge in [-0.2, -0.15) is 13.2 Å². The van der Waals surface area contributed by atoms with E-state index in [-0.39, 0.29) is 28.0 Å². The lowest BCUT2D eigenvalue weighted by molar-refractivity contribution is -0.385. The minimum absolute atomic E-state index is 0.0927. The third-order valence-corrected chi connectivity index (χ3v) is 3.66. The second kappa shape index (κ2) is 7.44. The smallest absolute Gasteiger partial charge is 0.446 e. The number of carbonyl (C=O) groups excluding carboxylic acids is 2. The molecule has 7 nitrogen and oxygen atoms in total. The molecular weight excluding hydrogens is 379 g/mol. The average Bonchev–Trinajstić information content (AvgIpc) is 2.53. The zero-order valence-corrected chi connectivity index (χ0v) is 13.3. The lowest BCUT2D eigenvalue weighted by Crippen LogP contribution is -2.23. The molecule has 0 aliphatic rings. The maximum Gasteiger partial charge on any atom is 0.446 e. The number of benzene rings is 2. The largest absolute Gasteiger partial charge is 0.545 e. The van der Waals surface area contributed by atoms with Gasteiger partial charge in [-0.05, 0) is 48.2 Å². The lowest BCUT2D eigenvalue weighted by atomic mass is 10.1. The van der Waals surface area contributed by atoms with Crippen molar-refractivity contribution in [3.8, 4) is 5.75 Å². The molecule has 0 radical (unpaired) electrons. The summed E-state index contributed by atoms with van der Waals surface area (Å²) < 4.78 is 41.6. The summed E-state index contributed by atoms with van der Waals surface area (Å²) in [5.74, 6) is -3.11. The highest BCUT2D eigenvalue weighted by atomic mass is 32.2. The standard InChI is InChI=1S/C15H8F3NO6S/c16-15(17,18)26-10-4-1-8(2-5-10)14(22)25-9-3-6-12(19(23)24)11(7-9)13(20)21/h1-7H,(H,20,21)/p-1. The Bertz CT molecular complexity index is 867. The number of esters is 1. The van der Waals surface area contributed by atoms with Crippen LogP contribution in [0.3, 0.4) is 0 Å². The molecule has 2 aromatic rings. The molecule has 26 heavy (non-hydrogen) atoms. The quantitative estimate of drug-likeness (QED) is 0.255. The van der Waals surface area contributed by atoms with Crippen LogP contribution in [0.2, 0.25) is 0 Å². The Labute approximate surface area is 147 Å². The zero-order valence-electron chi connectivity index (χ0n) is 12.5. The number of halogens is 3. The Morgan fingerprint density at radius 1 is 1.08 bits per heavy atom. The van der Waals surface area contributed by atoms with E-state index in [4.69, 9.17) is 4.74 Å². The summed E-state index contributed by atoms with van der Waals surface area (Å²) >= 11 is -0.354. The molecule has 0 unspecified atom stereocenters. The number of nitro benzene ring substituents is 1. The first-order chi connectivity index (χ1) is 12.1.